The average Bonchev–Trinajstić information content (AvgIpc) is 2.65. The summed E-state index contributed by atoms with van der Waals surface area (Å²) < 4.78 is 32.1. The Labute approximate surface area is 146 Å². The number of benzene rings is 2. The molecular weight excluding hydrogens is 344 g/mol. The number of hydrogen-bond acceptors (Lipinski definition) is 5. The van der Waals surface area contributed by atoms with Crippen molar-refractivity contribution in [3.63, 3.8) is 0 Å². The first-order valence-electron chi connectivity index (χ1n) is 7.54. The molecule has 2 rings (SSSR count). The fraction of sp³-hybridized carbons (Fsp3) is 0.235. The van der Waals surface area contributed by atoms with Gasteiger partial charge in [-0.3, -0.25) is 10.0 Å². The second kappa shape index (κ2) is 8.11. The van der Waals surface area contributed by atoms with Crippen LogP contribution in [-0.2, 0) is 21.4 Å². The highest BCUT2D eigenvalue weighted by atomic mass is 32.2. The summed E-state index contributed by atoms with van der Waals surface area (Å²) in [6.45, 7) is 1.40. The lowest BCUT2D eigenvalue weighted by Crippen LogP contribution is -2.46. The number of rotatable bonds is 7. The van der Waals surface area contributed by atoms with Crippen molar-refractivity contribution in [1.82, 2.24) is 9.79 Å². The van der Waals surface area contributed by atoms with Gasteiger partial charge in [-0.05, 0) is 36.8 Å². The molecule has 1 atom stereocenters. The SMILES string of the molecule is COc1ccc(S(=O)(=O)N(Cc2ccccc2)[C@H](C)C(=O)NO)cc1. The summed E-state index contributed by atoms with van der Waals surface area (Å²) in [5, 5.41) is 8.89. The minimum atomic E-state index is -3.97. The fourth-order valence-corrected chi connectivity index (χ4v) is 3.88. The Kier molecular flexibility index (Phi) is 6.13. The first-order chi connectivity index (χ1) is 11.9. The van der Waals surface area contributed by atoms with E-state index in [0.717, 1.165) is 9.87 Å². The smallest absolute Gasteiger partial charge is 0.261 e. The first kappa shape index (κ1) is 18.9. The maximum Gasteiger partial charge on any atom is 0.261 e. The van der Waals surface area contributed by atoms with Gasteiger partial charge in [0.2, 0.25) is 10.0 Å². The summed E-state index contributed by atoms with van der Waals surface area (Å²) in [4.78, 5) is 11.9. The maximum atomic E-state index is 13.0. The number of nitrogens with one attached hydrogen (secondary N) is 1. The molecule has 0 unspecified atom stereocenters. The molecule has 0 aromatic heterocycles. The van der Waals surface area contributed by atoms with Gasteiger partial charge in [0.25, 0.3) is 5.91 Å². The number of ether oxygens (including phenoxy) is 1. The predicted molar refractivity (Wildman–Crippen MR) is 91.6 cm³/mol. The van der Waals surface area contributed by atoms with Crippen molar-refractivity contribution in [2.45, 2.75) is 24.4 Å². The first-order valence-corrected chi connectivity index (χ1v) is 8.98. The minimum absolute atomic E-state index is 0.0101. The highest BCUT2D eigenvalue weighted by molar-refractivity contribution is 7.89. The van der Waals surface area contributed by atoms with E-state index in [0.29, 0.717) is 5.75 Å². The molecular formula is C17H20N2O5S. The van der Waals surface area contributed by atoms with E-state index >= 15 is 0 Å². The van der Waals surface area contributed by atoms with E-state index in [1.165, 1.54) is 43.8 Å². The van der Waals surface area contributed by atoms with Gasteiger partial charge in [-0.2, -0.15) is 4.31 Å². The summed E-state index contributed by atoms with van der Waals surface area (Å²) >= 11 is 0. The molecule has 1 amide bonds. The van der Waals surface area contributed by atoms with Crippen molar-refractivity contribution in [3.8, 4) is 5.75 Å². The van der Waals surface area contributed by atoms with Crippen LogP contribution < -0.4 is 10.2 Å². The van der Waals surface area contributed by atoms with Crippen LogP contribution in [0.3, 0.4) is 0 Å². The van der Waals surface area contributed by atoms with Crippen LogP contribution in [0.4, 0.5) is 0 Å². The number of carbonyl (C=O) groups is 1. The van der Waals surface area contributed by atoms with E-state index in [1.54, 1.807) is 24.3 Å². The molecule has 0 aliphatic rings. The number of hydroxylamine groups is 1. The molecule has 0 fully saturated rings. The van der Waals surface area contributed by atoms with Crippen molar-refractivity contribution < 1.29 is 23.2 Å². The zero-order valence-electron chi connectivity index (χ0n) is 13.9. The van der Waals surface area contributed by atoms with Crippen molar-refractivity contribution in [2.75, 3.05) is 7.11 Å². The maximum absolute atomic E-state index is 13.0. The third-order valence-electron chi connectivity index (χ3n) is 3.77. The van der Waals surface area contributed by atoms with Gasteiger partial charge in [0, 0.05) is 6.54 Å². The van der Waals surface area contributed by atoms with Crippen molar-refractivity contribution in [3.05, 3.63) is 60.2 Å². The van der Waals surface area contributed by atoms with Crippen LogP contribution in [0, 0.1) is 0 Å². The topological polar surface area (TPSA) is 95.9 Å². The standard InChI is InChI=1S/C17H20N2O5S/c1-13(17(20)18-21)19(12-14-6-4-3-5-7-14)25(22,23)16-10-8-15(24-2)9-11-16/h3-11,13,21H,12H2,1-2H3,(H,18,20)/t13-/m1/s1. The number of methoxy groups -OCH3 is 1. The van der Waals surface area contributed by atoms with E-state index in [2.05, 4.69) is 0 Å². The van der Waals surface area contributed by atoms with Crippen LogP contribution in [0.25, 0.3) is 0 Å². The quantitative estimate of drug-likeness (QED) is 0.577. The molecule has 0 saturated carbocycles. The van der Waals surface area contributed by atoms with Crippen LogP contribution in [-0.4, -0.2) is 37.0 Å². The summed E-state index contributed by atoms with van der Waals surface area (Å²) in [5.41, 5.74) is 2.23. The summed E-state index contributed by atoms with van der Waals surface area (Å²) in [6, 6.07) is 13.7. The molecule has 0 bridgehead atoms. The van der Waals surface area contributed by atoms with Crippen LogP contribution in [0.5, 0.6) is 5.75 Å². The third-order valence-corrected chi connectivity index (χ3v) is 5.70. The highest BCUT2D eigenvalue weighted by Crippen LogP contribution is 2.23. The summed E-state index contributed by atoms with van der Waals surface area (Å²) in [7, 11) is -2.49. The van der Waals surface area contributed by atoms with E-state index in [9.17, 15) is 13.2 Å². The van der Waals surface area contributed by atoms with Gasteiger partial charge in [-0.25, -0.2) is 13.9 Å². The van der Waals surface area contributed by atoms with E-state index in [-0.39, 0.29) is 11.4 Å². The Morgan fingerprint density at radius 3 is 2.28 bits per heavy atom. The molecule has 0 radical (unpaired) electrons. The number of amides is 1. The van der Waals surface area contributed by atoms with Gasteiger partial charge in [0.1, 0.15) is 11.8 Å². The Bertz CT molecular complexity index is 807. The van der Waals surface area contributed by atoms with E-state index in [4.69, 9.17) is 9.94 Å². The zero-order valence-corrected chi connectivity index (χ0v) is 14.7. The molecule has 7 nitrogen and oxygen atoms in total. The van der Waals surface area contributed by atoms with Crippen LogP contribution in [0.15, 0.2) is 59.5 Å². The molecule has 0 aliphatic carbocycles. The molecule has 0 heterocycles. The predicted octanol–water partition coefficient (Wildman–Crippen LogP) is 1.78. The number of nitrogens with zero attached hydrogens (tertiary/aromatic N) is 1. The molecule has 134 valence electrons. The zero-order chi connectivity index (χ0) is 18.4. The lowest BCUT2D eigenvalue weighted by atomic mass is 10.2. The van der Waals surface area contributed by atoms with Crippen LogP contribution in [0.1, 0.15) is 12.5 Å². The van der Waals surface area contributed by atoms with Crippen LogP contribution in [0.2, 0.25) is 0 Å². The van der Waals surface area contributed by atoms with Crippen molar-refractivity contribution in [2.24, 2.45) is 0 Å². The van der Waals surface area contributed by atoms with Gasteiger partial charge in [0.05, 0.1) is 12.0 Å². The van der Waals surface area contributed by atoms with Gasteiger partial charge >= 0.3 is 0 Å². The Morgan fingerprint density at radius 2 is 1.76 bits per heavy atom. The van der Waals surface area contributed by atoms with Gasteiger partial charge in [0.15, 0.2) is 0 Å². The molecule has 0 spiro atoms. The normalized spacial score (nSPS) is 12.6. The van der Waals surface area contributed by atoms with Gasteiger partial charge in [-0.15, -0.1) is 0 Å². The number of sulfonamides is 1. The Balaban J connectivity index is 2.42. The lowest BCUT2D eigenvalue weighted by molar-refractivity contribution is -0.132. The fourth-order valence-electron chi connectivity index (χ4n) is 2.30. The van der Waals surface area contributed by atoms with Gasteiger partial charge < -0.3 is 4.74 Å². The summed E-state index contributed by atoms with van der Waals surface area (Å²) in [6.07, 6.45) is 0. The molecule has 8 heteroatoms. The molecule has 0 saturated heterocycles. The highest BCUT2D eigenvalue weighted by Gasteiger charge is 2.33. The molecule has 0 aliphatic heterocycles. The van der Waals surface area contributed by atoms with Gasteiger partial charge in [-0.1, -0.05) is 30.3 Å². The molecule has 2 aromatic rings. The van der Waals surface area contributed by atoms with E-state index < -0.39 is 22.0 Å². The number of hydrogen-bond donors (Lipinski definition) is 2. The average molecular weight is 364 g/mol. The van der Waals surface area contributed by atoms with E-state index in [1.807, 2.05) is 6.07 Å². The largest absolute Gasteiger partial charge is 0.497 e. The monoisotopic (exact) mass is 364 g/mol. The lowest BCUT2D eigenvalue weighted by Gasteiger charge is -2.27. The third kappa shape index (κ3) is 4.36. The summed E-state index contributed by atoms with van der Waals surface area (Å²) in [5.74, 6) is -0.289. The van der Waals surface area contributed by atoms with Crippen molar-refractivity contribution >= 4 is 15.9 Å². The molecule has 2 aromatic carbocycles. The second-order valence-electron chi connectivity index (χ2n) is 5.36. The Hall–Kier alpha value is -2.42. The molecule has 2 N–H and O–H groups in total. The number of carbonyl (C=O) groups excluding carboxylic acids is 1. The molecule has 25 heavy (non-hydrogen) atoms. The minimum Gasteiger partial charge on any atom is -0.497 e. The Morgan fingerprint density at radius 1 is 1.16 bits per heavy atom. The van der Waals surface area contributed by atoms with Crippen molar-refractivity contribution in [1.29, 1.82) is 0 Å². The van der Waals surface area contributed by atoms with Crippen LogP contribution >= 0.6 is 0 Å². The second-order valence-corrected chi connectivity index (χ2v) is 7.25.